The third kappa shape index (κ3) is 3.75. The predicted octanol–water partition coefficient (Wildman–Crippen LogP) is 3.62. The molecule has 0 bridgehead atoms. The van der Waals surface area contributed by atoms with Gasteiger partial charge in [-0.05, 0) is 49.7 Å². The Hall–Kier alpha value is -2.49. The van der Waals surface area contributed by atoms with E-state index >= 15 is 0 Å². The molecule has 0 fully saturated rings. The summed E-state index contributed by atoms with van der Waals surface area (Å²) in [7, 11) is 1.56. The molecule has 21 heavy (non-hydrogen) atoms. The Balaban J connectivity index is 2.21. The molecular formula is C17H18O4. The quantitative estimate of drug-likeness (QED) is 0.622. The summed E-state index contributed by atoms with van der Waals surface area (Å²) >= 11 is 0. The SMILES string of the molecule is CCOc1cc(C(=O)Oc2cccc(C)c2)ccc1OC. The lowest BCUT2D eigenvalue weighted by molar-refractivity contribution is 0.0734. The number of aryl methyl sites for hydroxylation is 1. The van der Waals surface area contributed by atoms with Crippen molar-refractivity contribution in [1.82, 2.24) is 0 Å². The van der Waals surface area contributed by atoms with Crippen LogP contribution in [0.5, 0.6) is 17.2 Å². The summed E-state index contributed by atoms with van der Waals surface area (Å²) in [4.78, 5) is 12.2. The third-order valence-electron chi connectivity index (χ3n) is 2.90. The fourth-order valence-electron chi connectivity index (χ4n) is 1.92. The van der Waals surface area contributed by atoms with Gasteiger partial charge in [-0.2, -0.15) is 0 Å². The number of rotatable bonds is 5. The zero-order valence-electron chi connectivity index (χ0n) is 12.4. The molecule has 0 aliphatic carbocycles. The van der Waals surface area contributed by atoms with Gasteiger partial charge in [-0.3, -0.25) is 0 Å². The monoisotopic (exact) mass is 286 g/mol. The molecule has 0 N–H and O–H groups in total. The Kier molecular flexibility index (Phi) is 4.82. The van der Waals surface area contributed by atoms with Gasteiger partial charge in [-0.1, -0.05) is 12.1 Å². The summed E-state index contributed by atoms with van der Waals surface area (Å²) in [6.07, 6.45) is 0. The van der Waals surface area contributed by atoms with Gasteiger partial charge in [0, 0.05) is 0 Å². The molecule has 0 aliphatic rings. The van der Waals surface area contributed by atoms with Crippen molar-refractivity contribution in [2.75, 3.05) is 13.7 Å². The zero-order valence-corrected chi connectivity index (χ0v) is 12.4. The van der Waals surface area contributed by atoms with Gasteiger partial charge in [0.15, 0.2) is 11.5 Å². The van der Waals surface area contributed by atoms with Crippen molar-refractivity contribution in [3.63, 3.8) is 0 Å². The van der Waals surface area contributed by atoms with E-state index < -0.39 is 5.97 Å². The maximum Gasteiger partial charge on any atom is 0.343 e. The third-order valence-corrected chi connectivity index (χ3v) is 2.90. The molecule has 0 heterocycles. The minimum Gasteiger partial charge on any atom is -0.493 e. The summed E-state index contributed by atoms with van der Waals surface area (Å²) in [5, 5.41) is 0. The molecule has 0 saturated heterocycles. The van der Waals surface area contributed by atoms with Crippen LogP contribution in [0.4, 0.5) is 0 Å². The van der Waals surface area contributed by atoms with Crippen LogP contribution in [0.3, 0.4) is 0 Å². The number of methoxy groups -OCH3 is 1. The average Bonchev–Trinajstić information content (AvgIpc) is 2.47. The minimum absolute atomic E-state index is 0.417. The number of benzene rings is 2. The van der Waals surface area contributed by atoms with Gasteiger partial charge in [0.2, 0.25) is 0 Å². The zero-order chi connectivity index (χ0) is 15.2. The molecule has 0 atom stereocenters. The van der Waals surface area contributed by atoms with Gasteiger partial charge in [-0.15, -0.1) is 0 Å². The molecule has 4 nitrogen and oxygen atoms in total. The van der Waals surface area contributed by atoms with Crippen LogP contribution in [0.25, 0.3) is 0 Å². The van der Waals surface area contributed by atoms with Crippen LogP contribution in [-0.4, -0.2) is 19.7 Å². The van der Waals surface area contributed by atoms with E-state index in [0.29, 0.717) is 29.4 Å². The largest absolute Gasteiger partial charge is 0.493 e. The van der Waals surface area contributed by atoms with Crippen molar-refractivity contribution >= 4 is 5.97 Å². The first-order valence-corrected chi connectivity index (χ1v) is 6.73. The van der Waals surface area contributed by atoms with Crippen molar-refractivity contribution in [2.24, 2.45) is 0 Å². The molecule has 4 heteroatoms. The van der Waals surface area contributed by atoms with Gasteiger partial charge < -0.3 is 14.2 Å². The number of hydrogen-bond acceptors (Lipinski definition) is 4. The van der Waals surface area contributed by atoms with E-state index in [1.54, 1.807) is 31.4 Å². The summed E-state index contributed by atoms with van der Waals surface area (Å²) in [6.45, 7) is 4.31. The van der Waals surface area contributed by atoms with Crippen molar-refractivity contribution < 1.29 is 19.0 Å². The van der Waals surface area contributed by atoms with Gasteiger partial charge >= 0.3 is 5.97 Å². The standard InChI is InChI=1S/C17H18O4/c1-4-20-16-11-13(8-9-15(16)19-3)17(18)21-14-7-5-6-12(2)10-14/h5-11H,4H2,1-3H3. The molecule has 0 saturated carbocycles. The van der Waals surface area contributed by atoms with E-state index in [-0.39, 0.29) is 0 Å². The lowest BCUT2D eigenvalue weighted by Gasteiger charge is -2.11. The van der Waals surface area contributed by atoms with Crippen molar-refractivity contribution in [3.05, 3.63) is 53.6 Å². The number of ether oxygens (including phenoxy) is 3. The van der Waals surface area contributed by atoms with Gasteiger partial charge in [0.1, 0.15) is 5.75 Å². The van der Waals surface area contributed by atoms with Crippen LogP contribution in [0.2, 0.25) is 0 Å². The fraction of sp³-hybridized carbons (Fsp3) is 0.235. The van der Waals surface area contributed by atoms with Crippen molar-refractivity contribution in [3.8, 4) is 17.2 Å². The molecule has 0 radical (unpaired) electrons. The number of carbonyl (C=O) groups is 1. The van der Waals surface area contributed by atoms with E-state index in [1.165, 1.54) is 0 Å². The molecule has 2 aromatic rings. The number of esters is 1. The molecule has 0 amide bonds. The van der Waals surface area contributed by atoms with Gasteiger partial charge in [0.25, 0.3) is 0 Å². The number of hydrogen-bond donors (Lipinski definition) is 0. The van der Waals surface area contributed by atoms with E-state index in [1.807, 2.05) is 32.0 Å². The maximum absolute atomic E-state index is 12.2. The molecule has 110 valence electrons. The Labute approximate surface area is 124 Å². The highest BCUT2D eigenvalue weighted by molar-refractivity contribution is 5.91. The van der Waals surface area contributed by atoms with Crippen molar-refractivity contribution in [1.29, 1.82) is 0 Å². The summed E-state index contributed by atoms with van der Waals surface area (Å²) in [5.74, 6) is 1.21. The van der Waals surface area contributed by atoms with Crippen LogP contribution in [0, 0.1) is 6.92 Å². The van der Waals surface area contributed by atoms with E-state index in [0.717, 1.165) is 5.56 Å². The second kappa shape index (κ2) is 6.79. The van der Waals surface area contributed by atoms with Gasteiger partial charge in [0.05, 0.1) is 19.3 Å². The van der Waals surface area contributed by atoms with Crippen LogP contribution >= 0.6 is 0 Å². The molecule has 0 aromatic heterocycles. The smallest absolute Gasteiger partial charge is 0.343 e. The van der Waals surface area contributed by atoms with E-state index in [2.05, 4.69) is 0 Å². The summed E-state index contributed by atoms with van der Waals surface area (Å²) in [6, 6.07) is 12.3. The lowest BCUT2D eigenvalue weighted by Crippen LogP contribution is -2.09. The highest BCUT2D eigenvalue weighted by atomic mass is 16.5. The minimum atomic E-state index is -0.427. The molecule has 2 rings (SSSR count). The maximum atomic E-state index is 12.2. The highest BCUT2D eigenvalue weighted by Gasteiger charge is 2.13. The van der Waals surface area contributed by atoms with Crippen LogP contribution in [-0.2, 0) is 0 Å². The Morgan fingerprint density at radius 3 is 2.57 bits per heavy atom. The Morgan fingerprint density at radius 1 is 1.10 bits per heavy atom. The summed E-state index contributed by atoms with van der Waals surface area (Å²) in [5.41, 5.74) is 1.45. The lowest BCUT2D eigenvalue weighted by atomic mass is 10.2. The van der Waals surface area contributed by atoms with Crippen LogP contribution < -0.4 is 14.2 Å². The Bertz CT molecular complexity index is 634. The van der Waals surface area contributed by atoms with E-state index in [9.17, 15) is 4.79 Å². The van der Waals surface area contributed by atoms with Crippen LogP contribution in [0.15, 0.2) is 42.5 Å². The highest BCUT2D eigenvalue weighted by Crippen LogP contribution is 2.28. The first-order valence-electron chi connectivity index (χ1n) is 6.73. The molecule has 0 spiro atoms. The number of carbonyl (C=O) groups excluding carboxylic acids is 1. The molecule has 2 aromatic carbocycles. The first-order chi connectivity index (χ1) is 10.1. The average molecular weight is 286 g/mol. The topological polar surface area (TPSA) is 44.8 Å². The van der Waals surface area contributed by atoms with Crippen molar-refractivity contribution in [2.45, 2.75) is 13.8 Å². The Morgan fingerprint density at radius 2 is 1.90 bits per heavy atom. The fourth-order valence-corrected chi connectivity index (χ4v) is 1.92. The second-order valence-electron chi connectivity index (χ2n) is 4.50. The normalized spacial score (nSPS) is 10.0. The summed E-state index contributed by atoms with van der Waals surface area (Å²) < 4.78 is 16.0. The molecule has 0 unspecified atom stereocenters. The second-order valence-corrected chi connectivity index (χ2v) is 4.50. The molecular weight excluding hydrogens is 268 g/mol. The predicted molar refractivity (Wildman–Crippen MR) is 80.3 cm³/mol. The van der Waals surface area contributed by atoms with E-state index in [4.69, 9.17) is 14.2 Å². The first kappa shape index (κ1) is 14.9. The van der Waals surface area contributed by atoms with Crippen LogP contribution in [0.1, 0.15) is 22.8 Å². The molecule has 0 aliphatic heterocycles. The van der Waals surface area contributed by atoms with Gasteiger partial charge in [-0.25, -0.2) is 4.79 Å².